The van der Waals surface area contributed by atoms with Gasteiger partial charge in [0.25, 0.3) is 0 Å². The lowest BCUT2D eigenvalue weighted by Gasteiger charge is -2.33. The zero-order valence-corrected chi connectivity index (χ0v) is 20.4. The minimum absolute atomic E-state index is 0.214. The molecule has 1 saturated heterocycles. The number of pyridine rings is 1. The van der Waals surface area contributed by atoms with E-state index in [1.807, 2.05) is 75.1 Å². The van der Waals surface area contributed by atoms with E-state index >= 15 is 0 Å². The smallest absolute Gasteiger partial charge is 0.410 e. The minimum atomic E-state index is -0.462. The number of fused-ring (bicyclic) bond motifs is 1. The van der Waals surface area contributed by atoms with Crippen molar-refractivity contribution in [1.29, 1.82) is 0 Å². The Morgan fingerprint density at radius 2 is 2.00 bits per heavy atom. The number of amides is 1. The topological polar surface area (TPSA) is 77.7 Å². The second-order valence-electron chi connectivity index (χ2n) is 9.70. The molecule has 3 aromatic rings. The first-order chi connectivity index (χ1) is 16.3. The molecule has 3 heterocycles. The second-order valence-corrected chi connectivity index (χ2v) is 9.70. The average molecular weight is 464 g/mol. The van der Waals surface area contributed by atoms with Gasteiger partial charge in [0.1, 0.15) is 11.4 Å². The second kappa shape index (κ2) is 10.3. The number of allylic oxidation sites excluding steroid dienone is 1. The number of likely N-dealkylation sites (tertiary alicyclic amines) is 1. The molecule has 1 amide bonds. The number of piperidine rings is 1. The summed E-state index contributed by atoms with van der Waals surface area (Å²) in [7, 11) is 0. The molecule has 0 unspecified atom stereocenters. The summed E-state index contributed by atoms with van der Waals surface area (Å²) in [6.07, 6.45) is 9.21. The summed E-state index contributed by atoms with van der Waals surface area (Å²) in [6.45, 7) is 9.13. The average Bonchev–Trinajstić information content (AvgIpc) is 3.22. The van der Waals surface area contributed by atoms with Crippen LogP contribution in [0.3, 0.4) is 0 Å². The molecule has 0 N–H and O–H groups in total. The number of rotatable bonds is 6. The molecule has 0 bridgehead atoms. The van der Waals surface area contributed by atoms with Crippen molar-refractivity contribution in [3.63, 3.8) is 0 Å². The van der Waals surface area contributed by atoms with Crippen LogP contribution >= 0.6 is 0 Å². The minimum Gasteiger partial charge on any atom is -0.444 e. The normalized spacial score (nSPS) is 15.2. The van der Waals surface area contributed by atoms with Gasteiger partial charge >= 0.3 is 6.09 Å². The maximum atomic E-state index is 12.3. The third-order valence-electron chi connectivity index (χ3n) is 5.96. The third kappa shape index (κ3) is 5.76. The number of benzene rings is 1. The summed E-state index contributed by atoms with van der Waals surface area (Å²) < 4.78 is 17.3. The Kier molecular flexibility index (Phi) is 7.20. The van der Waals surface area contributed by atoms with E-state index < -0.39 is 5.60 Å². The van der Waals surface area contributed by atoms with E-state index in [4.69, 9.17) is 14.0 Å². The Bertz CT molecular complexity index is 1140. The number of carbonyl (C=O) groups is 1. The number of aryl methyl sites for hydroxylation is 1. The molecular weight excluding hydrogens is 430 g/mol. The van der Waals surface area contributed by atoms with Crippen molar-refractivity contribution in [2.24, 2.45) is 5.92 Å². The van der Waals surface area contributed by atoms with Crippen LogP contribution in [-0.4, -0.2) is 39.8 Å². The van der Waals surface area contributed by atoms with Crippen LogP contribution in [-0.2, 0) is 11.2 Å². The monoisotopic (exact) mass is 463 g/mol. The highest BCUT2D eigenvalue weighted by Gasteiger charge is 2.27. The molecule has 2 aromatic heterocycles. The highest BCUT2D eigenvalue weighted by atomic mass is 16.6. The molecule has 0 saturated carbocycles. The summed E-state index contributed by atoms with van der Waals surface area (Å²) in [5.74, 6) is 1.76. The highest BCUT2D eigenvalue weighted by molar-refractivity contribution is 5.90. The maximum Gasteiger partial charge on any atom is 0.410 e. The molecule has 7 heteroatoms. The lowest BCUT2D eigenvalue weighted by Crippen LogP contribution is -2.41. The fourth-order valence-corrected chi connectivity index (χ4v) is 4.24. The van der Waals surface area contributed by atoms with Crippen LogP contribution in [0.15, 0.2) is 47.1 Å². The van der Waals surface area contributed by atoms with Gasteiger partial charge in [0.05, 0.1) is 11.3 Å². The van der Waals surface area contributed by atoms with Crippen LogP contribution in [0, 0.1) is 5.92 Å². The van der Waals surface area contributed by atoms with Crippen molar-refractivity contribution in [3.05, 3.63) is 53.9 Å². The van der Waals surface area contributed by atoms with Crippen LogP contribution in [0.2, 0.25) is 0 Å². The number of nitrogens with zero attached hydrogens (tertiary/aromatic N) is 3. The quantitative estimate of drug-likeness (QED) is 0.408. The molecular formula is C27H33N3O4. The van der Waals surface area contributed by atoms with Gasteiger partial charge in [-0.3, -0.25) is 0 Å². The summed E-state index contributed by atoms with van der Waals surface area (Å²) in [6, 6.07) is 9.53. The van der Waals surface area contributed by atoms with Crippen molar-refractivity contribution in [2.45, 2.75) is 59.0 Å². The van der Waals surface area contributed by atoms with Crippen LogP contribution in [0.5, 0.6) is 11.6 Å². The van der Waals surface area contributed by atoms with E-state index in [1.165, 1.54) is 0 Å². The molecule has 1 aliphatic rings. The Morgan fingerprint density at radius 1 is 1.21 bits per heavy atom. The van der Waals surface area contributed by atoms with E-state index in [2.05, 4.69) is 10.1 Å². The summed E-state index contributed by atoms with van der Waals surface area (Å²) in [5.41, 5.74) is 2.08. The number of carbonyl (C=O) groups excluding carboxylic acids is 1. The third-order valence-corrected chi connectivity index (χ3v) is 5.96. The Balaban J connectivity index is 1.41. The van der Waals surface area contributed by atoms with Gasteiger partial charge < -0.3 is 18.9 Å². The van der Waals surface area contributed by atoms with Crippen molar-refractivity contribution < 1.29 is 18.8 Å². The summed E-state index contributed by atoms with van der Waals surface area (Å²) >= 11 is 0. The van der Waals surface area contributed by atoms with Gasteiger partial charge in [-0.25, -0.2) is 9.78 Å². The number of ether oxygens (including phenoxy) is 2. The van der Waals surface area contributed by atoms with Gasteiger partial charge in [-0.05, 0) is 77.5 Å². The molecule has 34 heavy (non-hydrogen) atoms. The molecule has 1 fully saturated rings. The first-order valence-corrected chi connectivity index (χ1v) is 11.9. The first-order valence-electron chi connectivity index (χ1n) is 11.9. The first kappa shape index (κ1) is 23.8. The molecule has 0 radical (unpaired) electrons. The number of hydrogen-bond acceptors (Lipinski definition) is 6. The van der Waals surface area contributed by atoms with E-state index in [0.717, 1.165) is 61.0 Å². The summed E-state index contributed by atoms with van der Waals surface area (Å²) in [4.78, 5) is 18.4. The molecule has 4 rings (SSSR count). The molecule has 0 spiro atoms. The molecule has 180 valence electrons. The van der Waals surface area contributed by atoms with Gasteiger partial charge in [-0.15, -0.1) is 0 Å². The zero-order chi connectivity index (χ0) is 24.1. The fraction of sp³-hybridized carbons (Fsp3) is 0.444. The predicted molar refractivity (Wildman–Crippen MR) is 132 cm³/mol. The number of aromatic nitrogens is 2. The van der Waals surface area contributed by atoms with E-state index in [-0.39, 0.29) is 6.09 Å². The van der Waals surface area contributed by atoms with Crippen molar-refractivity contribution in [1.82, 2.24) is 15.0 Å². The van der Waals surface area contributed by atoms with Gasteiger partial charge in [-0.1, -0.05) is 23.4 Å². The van der Waals surface area contributed by atoms with Crippen molar-refractivity contribution >= 4 is 23.1 Å². The van der Waals surface area contributed by atoms with Gasteiger partial charge in [-0.2, -0.15) is 0 Å². The molecule has 1 aliphatic heterocycles. The molecule has 7 nitrogen and oxygen atoms in total. The molecule has 0 aliphatic carbocycles. The fourth-order valence-electron chi connectivity index (χ4n) is 4.24. The van der Waals surface area contributed by atoms with E-state index in [9.17, 15) is 4.79 Å². The van der Waals surface area contributed by atoms with Gasteiger partial charge in [0.15, 0.2) is 5.58 Å². The predicted octanol–water partition coefficient (Wildman–Crippen LogP) is 6.63. The highest BCUT2D eigenvalue weighted by Crippen LogP contribution is 2.34. The lowest BCUT2D eigenvalue weighted by molar-refractivity contribution is 0.0181. The maximum absolute atomic E-state index is 12.3. The van der Waals surface area contributed by atoms with Crippen molar-refractivity contribution in [3.8, 4) is 11.6 Å². The Hall–Kier alpha value is -3.35. The molecule has 1 aromatic carbocycles. The number of hydrogen-bond donors (Lipinski definition) is 0. The summed E-state index contributed by atoms with van der Waals surface area (Å²) in [5, 5.41) is 5.40. The van der Waals surface area contributed by atoms with Crippen LogP contribution in [0.25, 0.3) is 17.0 Å². The van der Waals surface area contributed by atoms with Crippen molar-refractivity contribution in [2.75, 3.05) is 13.1 Å². The van der Waals surface area contributed by atoms with Crippen LogP contribution < -0.4 is 4.74 Å². The Morgan fingerprint density at radius 3 is 2.68 bits per heavy atom. The Labute approximate surface area is 200 Å². The van der Waals surface area contributed by atoms with E-state index in [1.54, 1.807) is 6.20 Å². The lowest BCUT2D eigenvalue weighted by atomic mass is 9.91. The largest absolute Gasteiger partial charge is 0.444 e. The van der Waals surface area contributed by atoms with E-state index in [0.29, 0.717) is 17.5 Å². The standard InChI is InChI=1S/C27H33N3O4/c1-5-8-21-23(32-24-9-6-7-16-28-24)13-11-20-22(29-34-25(20)21)12-10-19-14-17-30(18-15-19)26(31)33-27(2,3)4/h5-9,11,13,16,19H,10,12,14-15,17-18H2,1-4H3. The zero-order valence-electron chi connectivity index (χ0n) is 20.4. The SMILES string of the molecule is CC=Cc1c(Oc2ccccn2)ccc2c(CCC3CCN(C(=O)OC(C)(C)C)CC3)noc12. The van der Waals surface area contributed by atoms with Gasteiger partial charge in [0, 0.05) is 30.7 Å². The molecule has 0 atom stereocenters. The van der Waals surface area contributed by atoms with Crippen LogP contribution in [0.1, 0.15) is 58.2 Å². The van der Waals surface area contributed by atoms with Gasteiger partial charge in [0.2, 0.25) is 5.88 Å². The van der Waals surface area contributed by atoms with Crippen LogP contribution in [0.4, 0.5) is 4.79 Å².